The van der Waals surface area contributed by atoms with Crippen LogP contribution in [0.25, 0.3) is 0 Å². The molecule has 0 aromatic carbocycles. The molecule has 2 N–H and O–H groups in total. The molecule has 3 heteroatoms. The van der Waals surface area contributed by atoms with Gasteiger partial charge in [0.1, 0.15) is 0 Å². The van der Waals surface area contributed by atoms with Gasteiger partial charge in [0.15, 0.2) is 0 Å². The van der Waals surface area contributed by atoms with Gasteiger partial charge in [0, 0.05) is 24.3 Å². The molecule has 0 fully saturated rings. The highest BCUT2D eigenvalue weighted by Gasteiger charge is 2.05. The van der Waals surface area contributed by atoms with Gasteiger partial charge in [-0.2, -0.15) is 0 Å². The number of nitrogens with two attached hydrogens (primary N) is 1. The van der Waals surface area contributed by atoms with Crippen molar-refractivity contribution in [2.24, 2.45) is 5.73 Å². The number of hydrogen-bond acceptors (Lipinski definition) is 2. The van der Waals surface area contributed by atoms with E-state index in [9.17, 15) is 4.79 Å². The number of aromatic nitrogens is 1. The fourth-order valence-electron chi connectivity index (χ4n) is 1.32. The summed E-state index contributed by atoms with van der Waals surface area (Å²) < 4.78 is 1.71. The van der Waals surface area contributed by atoms with Gasteiger partial charge in [-0.1, -0.05) is 13.0 Å². The molecule has 0 aliphatic rings. The van der Waals surface area contributed by atoms with Crippen molar-refractivity contribution < 1.29 is 0 Å². The smallest absolute Gasteiger partial charge is 0.255 e. The number of rotatable bonds is 3. The van der Waals surface area contributed by atoms with Crippen LogP contribution in [0.2, 0.25) is 0 Å². The van der Waals surface area contributed by atoms with Gasteiger partial charge in [-0.15, -0.1) is 0 Å². The van der Waals surface area contributed by atoms with Crippen LogP contribution >= 0.6 is 0 Å². The second kappa shape index (κ2) is 4.23. The minimum absolute atomic E-state index is 0.0411. The Balaban J connectivity index is 3.11. The highest BCUT2D eigenvalue weighted by atomic mass is 16.1. The van der Waals surface area contributed by atoms with Crippen LogP contribution in [-0.2, 0) is 6.54 Å². The van der Waals surface area contributed by atoms with Crippen LogP contribution in [0, 0.1) is 0 Å². The predicted molar refractivity (Wildman–Crippen MR) is 53.6 cm³/mol. The second-order valence-electron chi connectivity index (χ2n) is 3.25. The topological polar surface area (TPSA) is 48.0 Å². The second-order valence-corrected chi connectivity index (χ2v) is 3.25. The van der Waals surface area contributed by atoms with Gasteiger partial charge in [-0.3, -0.25) is 4.79 Å². The molecule has 0 aliphatic carbocycles. The standard InChI is InChI=1S/C10H16N2O/c1-3-6-12-7-4-5-9(8(2)11)10(12)13/h4-5,7-8H,3,6,11H2,1-2H3. The van der Waals surface area contributed by atoms with Crippen LogP contribution < -0.4 is 11.3 Å². The van der Waals surface area contributed by atoms with E-state index in [0.717, 1.165) is 13.0 Å². The summed E-state index contributed by atoms with van der Waals surface area (Å²) in [5.41, 5.74) is 6.40. The Morgan fingerprint density at radius 2 is 2.31 bits per heavy atom. The van der Waals surface area contributed by atoms with Crippen molar-refractivity contribution in [2.75, 3.05) is 0 Å². The maximum absolute atomic E-state index is 11.7. The van der Waals surface area contributed by atoms with Crippen LogP contribution in [0.4, 0.5) is 0 Å². The lowest BCUT2D eigenvalue weighted by molar-refractivity contribution is 0.637. The van der Waals surface area contributed by atoms with E-state index in [1.807, 2.05) is 19.9 Å². The molecule has 0 spiro atoms. The normalized spacial score (nSPS) is 12.8. The summed E-state index contributed by atoms with van der Waals surface area (Å²) in [6.45, 7) is 4.64. The van der Waals surface area contributed by atoms with Gasteiger partial charge >= 0.3 is 0 Å². The molecule has 1 heterocycles. The monoisotopic (exact) mass is 180 g/mol. The Hall–Kier alpha value is -1.09. The molecule has 1 atom stereocenters. The van der Waals surface area contributed by atoms with Gasteiger partial charge in [0.2, 0.25) is 0 Å². The van der Waals surface area contributed by atoms with E-state index in [-0.39, 0.29) is 11.6 Å². The van der Waals surface area contributed by atoms with Gasteiger partial charge in [-0.05, 0) is 19.4 Å². The summed E-state index contributed by atoms with van der Waals surface area (Å²) in [5, 5.41) is 0. The first-order valence-electron chi connectivity index (χ1n) is 4.61. The molecule has 1 aromatic rings. The summed E-state index contributed by atoms with van der Waals surface area (Å²) in [7, 11) is 0. The fourth-order valence-corrected chi connectivity index (χ4v) is 1.32. The van der Waals surface area contributed by atoms with E-state index in [0.29, 0.717) is 5.56 Å². The molecule has 1 rings (SSSR count). The Bertz CT molecular complexity index is 328. The van der Waals surface area contributed by atoms with Gasteiger partial charge < -0.3 is 10.3 Å². The molecule has 0 saturated heterocycles. The third-order valence-corrected chi connectivity index (χ3v) is 2.00. The maximum Gasteiger partial charge on any atom is 0.255 e. The summed E-state index contributed by atoms with van der Waals surface area (Å²) in [6.07, 6.45) is 2.76. The summed E-state index contributed by atoms with van der Waals surface area (Å²) in [4.78, 5) is 11.7. The Morgan fingerprint density at radius 1 is 1.62 bits per heavy atom. The van der Waals surface area contributed by atoms with Crippen LogP contribution in [0.3, 0.4) is 0 Å². The zero-order valence-corrected chi connectivity index (χ0v) is 8.16. The molecule has 13 heavy (non-hydrogen) atoms. The van der Waals surface area contributed by atoms with Crippen molar-refractivity contribution in [1.82, 2.24) is 4.57 Å². The molecule has 1 aromatic heterocycles. The molecule has 0 amide bonds. The molecule has 0 aliphatic heterocycles. The van der Waals surface area contributed by atoms with Crippen LogP contribution in [0.5, 0.6) is 0 Å². The first-order valence-corrected chi connectivity index (χ1v) is 4.61. The van der Waals surface area contributed by atoms with E-state index in [1.54, 1.807) is 16.8 Å². The molecule has 0 bridgehead atoms. The zero-order valence-electron chi connectivity index (χ0n) is 8.16. The van der Waals surface area contributed by atoms with Crippen molar-refractivity contribution in [3.05, 3.63) is 34.2 Å². The lowest BCUT2D eigenvalue weighted by Crippen LogP contribution is -2.26. The molecule has 0 radical (unpaired) electrons. The summed E-state index contributed by atoms with van der Waals surface area (Å²) in [6, 6.07) is 3.48. The molecule has 72 valence electrons. The lowest BCUT2D eigenvalue weighted by atomic mass is 10.1. The molecule has 1 unspecified atom stereocenters. The highest BCUT2D eigenvalue weighted by Crippen LogP contribution is 2.02. The number of hydrogen-bond donors (Lipinski definition) is 1. The first-order chi connectivity index (χ1) is 6.16. The van der Waals surface area contributed by atoms with E-state index in [4.69, 9.17) is 5.73 Å². The van der Waals surface area contributed by atoms with E-state index in [1.165, 1.54) is 0 Å². The third kappa shape index (κ3) is 2.18. The Labute approximate surface area is 78.2 Å². The third-order valence-electron chi connectivity index (χ3n) is 2.00. The predicted octanol–water partition coefficient (Wildman–Crippen LogP) is 1.28. The average Bonchev–Trinajstić information content (AvgIpc) is 2.08. The zero-order chi connectivity index (χ0) is 9.84. The Morgan fingerprint density at radius 3 is 2.85 bits per heavy atom. The molecular formula is C10H16N2O. The van der Waals surface area contributed by atoms with Crippen molar-refractivity contribution in [3.8, 4) is 0 Å². The largest absolute Gasteiger partial charge is 0.324 e. The van der Waals surface area contributed by atoms with Crippen molar-refractivity contribution in [2.45, 2.75) is 32.9 Å². The van der Waals surface area contributed by atoms with Crippen LogP contribution in [0.1, 0.15) is 31.9 Å². The van der Waals surface area contributed by atoms with Crippen molar-refractivity contribution in [1.29, 1.82) is 0 Å². The molecular weight excluding hydrogens is 164 g/mol. The van der Waals surface area contributed by atoms with Gasteiger partial charge in [0.25, 0.3) is 5.56 Å². The fraction of sp³-hybridized carbons (Fsp3) is 0.500. The minimum atomic E-state index is -0.184. The van der Waals surface area contributed by atoms with E-state index in [2.05, 4.69) is 0 Å². The molecule has 3 nitrogen and oxygen atoms in total. The quantitative estimate of drug-likeness (QED) is 0.761. The summed E-state index contributed by atoms with van der Waals surface area (Å²) in [5.74, 6) is 0. The Kier molecular flexibility index (Phi) is 3.25. The average molecular weight is 180 g/mol. The number of nitrogens with zero attached hydrogens (tertiary/aromatic N) is 1. The number of pyridine rings is 1. The van der Waals surface area contributed by atoms with Crippen molar-refractivity contribution in [3.63, 3.8) is 0 Å². The van der Waals surface area contributed by atoms with Crippen LogP contribution in [0.15, 0.2) is 23.1 Å². The van der Waals surface area contributed by atoms with E-state index >= 15 is 0 Å². The van der Waals surface area contributed by atoms with Gasteiger partial charge in [0.05, 0.1) is 0 Å². The van der Waals surface area contributed by atoms with Crippen LogP contribution in [-0.4, -0.2) is 4.57 Å². The number of aryl methyl sites for hydroxylation is 1. The van der Waals surface area contributed by atoms with E-state index < -0.39 is 0 Å². The summed E-state index contributed by atoms with van der Waals surface area (Å²) >= 11 is 0. The SMILES string of the molecule is CCCn1cccc(C(C)N)c1=O. The molecule has 0 saturated carbocycles. The first kappa shape index (κ1) is 9.99. The van der Waals surface area contributed by atoms with Gasteiger partial charge in [-0.25, -0.2) is 0 Å². The lowest BCUT2D eigenvalue weighted by Gasteiger charge is -2.08. The minimum Gasteiger partial charge on any atom is -0.324 e. The highest BCUT2D eigenvalue weighted by molar-refractivity contribution is 5.13. The maximum atomic E-state index is 11.7. The van der Waals surface area contributed by atoms with Crippen molar-refractivity contribution >= 4 is 0 Å².